The number of fused-ring (bicyclic) bond motifs is 4. The van der Waals surface area contributed by atoms with E-state index in [1.54, 1.807) is 84.9 Å². The van der Waals surface area contributed by atoms with Gasteiger partial charge in [-0.05, 0) is 37.1 Å². The van der Waals surface area contributed by atoms with Gasteiger partial charge in [0, 0.05) is 45.2 Å². The van der Waals surface area contributed by atoms with E-state index in [4.69, 9.17) is 19.6 Å². The van der Waals surface area contributed by atoms with Crippen LogP contribution in [0.3, 0.4) is 0 Å². The molecule has 222 valence electrons. The summed E-state index contributed by atoms with van der Waals surface area (Å²) in [6.45, 7) is 7.45. The van der Waals surface area contributed by atoms with Crippen LogP contribution in [-0.2, 0) is 0 Å². The average molecular weight is 591 g/mol. The minimum Gasteiger partial charge on any atom is -0.294 e. The Morgan fingerprint density at radius 1 is 0.477 bits per heavy atom. The van der Waals surface area contributed by atoms with Crippen LogP contribution in [0.1, 0.15) is 93.1 Å². The number of hydrogen-bond acceptors (Lipinski definition) is 8. The number of rotatable bonds is 11. The lowest BCUT2D eigenvalue weighted by Crippen LogP contribution is -2.30. The Bertz CT molecular complexity index is 1680. The van der Waals surface area contributed by atoms with Crippen molar-refractivity contribution >= 4 is 23.1 Å². The summed E-state index contributed by atoms with van der Waals surface area (Å²) in [4.78, 5) is 73.1. The highest BCUT2D eigenvalue weighted by atomic mass is 17.2. The molecule has 0 unspecified atom stereocenters. The first-order chi connectivity index (χ1) is 20.9. The molecule has 0 amide bonds. The quantitative estimate of drug-likeness (QED) is 0.131. The molecule has 4 bridgehead atoms. The summed E-state index contributed by atoms with van der Waals surface area (Å²) in [6, 6.07) is 23.1. The van der Waals surface area contributed by atoms with E-state index in [-0.39, 0.29) is 23.1 Å². The van der Waals surface area contributed by atoms with Gasteiger partial charge in [0.05, 0.1) is 11.1 Å². The maximum atomic E-state index is 13.5. The SMILES string of the molecule is CC(C)(CCC(C)(C)C(=O)c1ccc(C(=O)c2ccc3cc2OO3)cc1)C(=O)c1ccc(C(=O)c2ccc3cc2OO3)cc1. The van der Waals surface area contributed by atoms with Crippen molar-refractivity contribution in [1.29, 1.82) is 0 Å². The highest BCUT2D eigenvalue weighted by Gasteiger charge is 2.35. The van der Waals surface area contributed by atoms with Gasteiger partial charge in [-0.2, -0.15) is 0 Å². The van der Waals surface area contributed by atoms with Crippen LogP contribution in [-0.4, -0.2) is 23.1 Å². The molecule has 44 heavy (non-hydrogen) atoms. The Labute approximate surface area is 254 Å². The number of carbonyl (C=O) groups excluding carboxylic acids is 4. The van der Waals surface area contributed by atoms with E-state index < -0.39 is 10.8 Å². The summed E-state index contributed by atoms with van der Waals surface area (Å²) < 4.78 is 0. The fourth-order valence-corrected chi connectivity index (χ4v) is 5.30. The molecule has 0 spiro atoms. The second kappa shape index (κ2) is 10.8. The third-order valence-electron chi connectivity index (χ3n) is 8.27. The lowest BCUT2D eigenvalue weighted by atomic mass is 9.72. The monoisotopic (exact) mass is 590 g/mol. The minimum atomic E-state index is -0.755. The Hall–Kier alpha value is -5.24. The van der Waals surface area contributed by atoms with Gasteiger partial charge in [-0.15, -0.1) is 0 Å². The van der Waals surface area contributed by atoms with Crippen molar-refractivity contribution in [2.24, 2.45) is 10.8 Å². The lowest BCUT2D eigenvalue weighted by Gasteiger charge is -2.29. The van der Waals surface area contributed by atoms with E-state index in [1.807, 2.05) is 27.7 Å². The molecule has 2 heterocycles. The van der Waals surface area contributed by atoms with Crippen molar-refractivity contribution in [3.05, 3.63) is 118 Å². The Balaban J connectivity index is 1.08. The van der Waals surface area contributed by atoms with Crippen molar-refractivity contribution in [1.82, 2.24) is 0 Å². The third-order valence-corrected chi connectivity index (χ3v) is 8.27. The smallest absolute Gasteiger partial charge is 0.196 e. The number of Topliss-reactive ketones (excluding diaryl/α,β-unsaturated/α-hetero) is 2. The summed E-state index contributed by atoms with van der Waals surface area (Å²) >= 11 is 0. The highest BCUT2D eigenvalue weighted by molar-refractivity contribution is 6.12. The zero-order valence-corrected chi connectivity index (χ0v) is 24.8. The van der Waals surface area contributed by atoms with E-state index in [2.05, 4.69) is 0 Å². The van der Waals surface area contributed by atoms with Crippen LogP contribution in [0.4, 0.5) is 0 Å². The van der Waals surface area contributed by atoms with E-state index in [9.17, 15) is 19.2 Å². The van der Waals surface area contributed by atoms with Crippen LogP contribution in [0.15, 0.2) is 84.9 Å². The average Bonchev–Trinajstić information content (AvgIpc) is 3.60. The first kappa shape index (κ1) is 28.9. The molecule has 0 aliphatic carbocycles. The molecule has 0 atom stereocenters. The van der Waals surface area contributed by atoms with Crippen molar-refractivity contribution in [2.75, 3.05) is 0 Å². The van der Waals surface area contributed by atoms with Gasteiger partial charge < -0.3 is 0 Å². The molecule has 6 rings (SSSR count). The van der Waals surface area contributed by atoms with Crippen LogP contribution < -0.4 is 19.6 Å². The van der Waals surface area contributed by atoms with E-state index in [0.717, 1.165) is 0 Å². The summed E-state index contributed by atoms with van der Waals surface area (Å²) in [7, 11) is 0. The van der Waals surface area contributed by atoms with Gasteiger partial charge in [0.15, 0.2) is 46.1 Å². The van der Waals surface area contributed by atoms with Crippen molar-refractivity contribution in [3.8, 4) is 23.0 Å². The highest BCUT2D eigenvalue weighted by Crippen LogP contribution is 2.37. The van der Waals surface area contributed by atoms with Crippen molar-refractivity contribution in [3.63, 3.8) is 0 Å². The summed E-state index contributed by atoms with van der Waals surface area (Å²) in [5.74, 6) is 1.19. The molecule has 0 saturated carbocycles. The molecule has 0 saturated heterocycles. The zero-order chi connectivity index (χ0) is 31.2. The first-order valence-electron chi connectivity index (χ1n) is 14.3. The predicted octanol–water partition coefficient (Wildman–Crippen LogP) is 7.42. The van der Waals surface area contributed by atoms with Crippen LogP contribution in [0.2, 0.25) is 0 Å². The van der Waals surface area contributed by atoms with Crippen LogP contribution in [0.5, 0.6) is 23.0 Å². The zero-order valence-electron chi connectivity index (χ0n) is 24.8. The molecule has 4 aromatic carbocycles. The van der Waals surface area contributed by atoms with Crippen LogP contribution >= 0.6 is 0 Å². The summed E-state index contributed by atoms with van der Waals surface area (Å²) in [5, 5.41) is 0. The van der Waals surface area contributed by atoms with Gasteiger partial charge in [-0.1, -0.05) is 76.2 Å². The van der Waals surface area contributed by atoms with Crippen molar-refractivity contribution < 1.29 is 38.7 Å². The molecule has 8 heteroatoms. The predicted molar refractivity (Wildman–Crippen MR) is 161 cm³/mol. The van der Waals surface area contributed by atoms with E-state index in [0.29, 0.717) is 69.2 Å². The minimum absolute atomic E-state index is 0.0759. The molecule has 4 aromatic rings. The molecule has 2 aliphatic heterocycles. The molecule has 8 nitrogen and oxygen atoms in total. The van der Waals surface area contributed by atoms with E-state index in [1.165, 1.54) is 0 Å². The van der Waals surface area contributed by atoms with Gasteiger partial charge in [0.1, 0.15) is 0 Å². The first-order valence-corrected chi connectivity index (χ1v) is 14.3. The molecule has 0 fully saturated rings. The van der Waals surface area contributed by atoms with Crippen molar-refractivity contribution in [2.45, 2.75) is 40.5 Å². The second-order valence-electron chi connectivity index (χ2n) is 12.4. The topological polar surface area (TPSA) is 105 Å². The van der Waals surface area contributed by atoms with E-state index >= 15 is 0 Å². The number of carbonyl (C=O) groups is 4. The maximum absolute atomic E-state index is 13.5. The molecule has 2 aliphatic rings. The van der Waals surface area contributed by atoms with Gasteiger partial charge in [-0.3, -0.25) is 38.7 Å². The Morgan fingerprint density at radius 2 is 0.818 bits per heavy atom. The normalized spacial score (nSPS) is 12.9. The van der Waals surface area contributed by atoms with Gasteiger partial charge in [0.2, 0.25) is 0 Å². The standard InChI is InChI=1S/C36H30O8/c1-35(2,33(39)23-9-5-21(6-10-23)31(37)27-15-13-25-19-29(27)43-41-25)17-18-36(3,4)34(40)24-11-7-22(8-12-24)32(38)28-16-14-26-20-30(28)44-42-26/h5-16,19-20H,17-18H2,1-4H3. The Kier molecular flexibility index (Phi) is 7.08. The maximum Gasteiger partial charge on any atom is 0.196 e. The van der Waals surface area contributed by atoms with Gasteiger partial charge in [0.25, 0.3) is 0 Å². The number of hydrogen-bond donors (Lipinski definition) is 0. The van der Waals surface area contributed by atoms with Crippen LogP contribution in [0.25, 0.3) is 0 Å². The second-order valence-corrected chi connectivity index (χ2v) is 12.4. The van der Waals surface area contributed by atoms with Gasteiger partial charge >= 0.3 is 0 Å². The molecule has 0 radical (unpaired) electrons. The molecule has 0 N–H and O–H groups in total. The molecular weight excluding hydrogens is 560 g/mol. The largest absolute Gasteiger partial charge is 0.294 e. The molecule has 0 aromatic heterocycles. The summed E-state index contributed by atoms with van der Waals surface area (Å²) in [5.41, 5.74) is 1.08. The Morgan fingerprint density at radius 3 is 1.18 bits per heavy atom. The van der Waals surface area contributed by atoms with Gasteiger partial charge in [-0.25, -0.2) is 0 Å². The third kappa shape index (κ3) is 5.35. The lowest BCUT2D eigenvalue weighted by molar-refractivity contribution is -0.0849. The number of benzene rings is 4. The fourth-order valence-electron chi connectivity index (χ4n) is 5.30. The molecular formula is C36H30O8. The van der Waals surface area contributed by atoms with Crippen LogP contribution in [0, 0.1) is 10.8 Å². The summed E-state index contributed by atoms with van der Waals surface area (Å²) in [6.07, 6.45) is 0.936. The fraction of sp³-hybridized carbons (Fsp3) is 0.222. The number of ketones is 4.